The third-order valence-corrected chi connectivity index (χ3v) is 3.99. The van der Waals surface area contributed by atoms with E-state index >= 15 is 0 Å². The van der Waals surface area contributed by atoms with E-state index in [2.05, 4.69) is 45.7 Å². The lowest BCUT2D eigenvalue weighted by Crippen LogP contribution is -2.10. The van der Waals surface area contributed by atoms with Crippen LogP contribution in [-0.4, -0.2) is 23.6 Å². The lowest BCUT2D eigenvalue weighted by molar-refractivity contribution is 0.781. The Morgan fingerprint density at radius 1 is 1.33 bits per heavy atom. The predicted molar refractivity (Wildman–Crippen MR) is 77.0 cm³/mol. The van der Waals surface area contributed by atoms with E-state index in [1.807, 2.05) is 12.6 Å². The fourth-order valence-electron chi connectivity index (χ4n) is 2.17. The van der Waals surface area contributed by atoms with Crippen molar-refractivity contribution in [2.45, 2.75) is 6.42 Å². The van der Waals surface area contributed by atoms with Gasteiger partial charge in [0.1, 0.15) is 0 Å². The van der Waals surface area contributed by atoms with Crippen LogP contribution in [0.4, 0.5) is 0 Å². The lowest BCUT2D eigenvalue weighted by atomic mass is 10.1. The van der Waals surface area contributed by atoms with E-state index < -0.39 is 0 Å². The first-order chi connectivity index (χ1) is 8.90. The molecule has 2 N–H and O–H groups in total. The van der Waals surface area contributed by atoms with Crippen molar-refractivity contribution in [2.75, 3.05) is 13.6 Å². The quantitative estimate of drug-likeness (QED) is 0.754. The lowest BCUT2D eigenvalue weighted by Gasteiger charge is -2.01. The molecule has 92 valence electrons. The number of likely N-dealkylation sites (N-methyl/N-ethyl adjacent to an activating group) is 1. The first kappa shape index (κ1) is 11.4. The molecule has 0 aliphatic carbocycles. The number of fused-ring (bicyclic) bond motifs is 1. The van der Waals surface area contributed by atoms with Crippen LogP contribution >= 0.6 is 11.3 Å². The molecule has 0 unspecified atom stereocenters. The monoisotopic (exact) mass is 257 g/mol. The second-order valence-electron chi connectivity index (χ2n) is 4.23. The summed E-state index contributed by atoms with van der Waals surface area (Å²) in [4.78, 5) is 9.08. The molecule has 0 aliphatic rings. The van der Waals surface area contributed by atoms with Gasteiger partial charge in [0.25, 0.3) is 0 Å². The highest BCUT2D eigenvalue weighted by Gasteiger charge is 2.12. The number of hydrogen-bond acceptors (Lipinski definition) is 3. The van der Waals surface area contributed by atoms with Crippen LogP contribution in [0.3, 0.4) is 0 Å². The van der Waals surface area contributed by atoms with E-state index in [0.29, 0.717) is 0 Å². The number of thiazole rings is 1. The molecule has 3 aromatic rings. The van der Waals surface area contributed by atoms with Crippen LogP contribution in [0, 0.1) is 0 Å². The second kappa shape index (κ2) is 4.92. The van der Waals surface area contributed by atoms with Gasteiger partial charge in [-0.25, -0.2) is 4.98 Å². The molecule has 18 heavy (non-hydrogen) atoms. The SMILES string of the molecule is CNCCc1ncsc1-c1c[nH]c2ccccc12. The zero-order valence-electron chi connectivity index (χ0n) is 10.2. The van der Waals surface area contributed by atoms with Crippen molar-refractivity contribution in [2.24, 2.45) is 0 Å². The highest BCUT2D eigenvalue weighted by molar-refractivity contribution is 7.13. The molecular formula is C14H15N3S. The molecule has 3 rings (SSSR count). The second-order valence-corrected chi connectivity index (χ2v) is 5.08. The Morgan fingerprint density at radius 3 is 3.11 bits per heavy atom. The Labute approximate surface area is 110 Å². The van der Waals surface area contributed by atoms with Crippen LogP contribution in [0.15, 0.2) is 36.0 Å². The van der Waals surface area contributed by atoms with Crippen molar-refractivity contribution >= 4 is 22.2 Å². The van der Waals surface area contributed by atoms with Crippen LogP contribution in [0.5, 0.6) is 0 Å². The van der Waals surface area contributed by atoms with Crippen LogP contribution < -0.4 is 5.32 Å². The highest BCUT2D eigenvalue weighted by atomic mass is 32.1. The van der Waals surface area contributed by atoms with Crippen LogP contribution in [0.2, 0.25) is 0 Å². The molecule has 0 atom stereocenters. The molecule has 0 saturated carbocycles. The van der Waals surface area contributed by atoms with E-state index in [1.54, 1.807) is 11.3 Å². The van der Waals surface area contributed by atoms with Gasteiger partial charge in [-0.2, -0.15) is 0 Å². The number of benzene rings is 1. The fourth-order valence-corrected chi connectivity index (χ4v) is 3.04. The van der Waals surface area contributed by atoms with Crippen molar-refractivity contribution in [3.8, 4) is 10.4 Å². The predicted octanol–water partition coefficient (Wildman–Crippen LogP) is 3.05. The van der Waals surface area contributed by atoms with Crippen LogP contribution in [0.1, 0.15) is 5.69 Å². The number of rotatable bonds is 4. The summed E-state index contributed by atoms with van der Waals surface area (Å²) in [5.41, 5.74) is 5.56. The third-order valence-electron chi connectivity index (χ3n) is 3.09. The summed E-state index contributed by atoms with van der Waals surface area (Å²) in [7, 11) is 1.97. The number of aromatic nitrogens is 2. The summed E-state index contributed by atoms with van der Waals surface area (Å²) in [5.74, 6) is 0. The maximum Gasteiger partial charge on any atom is 0.0801 e. The van der Waals surface area contributed by atoms with Crippen molar-refractivity contribution in [3.63, 3.8) is 0 Å². The van der Waals surface area contributed by atoms with Gasteiger partial charge in [0, 0.05) is 35.6 Å². The molecule has 2 heterocycles. The number of H-pyrrole nitrogens is 1. The smallest absolute Gasteiger partial charge is 0.0801 e. The summed E-state index contributed by atoms with van der Waals surface area (Å²) in [6.07, 6.45) is 3.05. The first-order valence-corrected chi connectivity index (χ1v) is 6.91. The zero-order valence-corrected chi connectivity index (χ0v) is 11.1. The van der Waals surface area contributed by atoms with Gasteiger partial charge in [-0.1, -0.05) is 18.2 Å². The molecule has 0 bridgehead atoms. The average molecular weight is 257 g/mol. The molecule has 1 aromatic carbocycles. The van der Waals surface area contributed by atoms with E-state index in [0.717, 1.165) is 13.0 Å². The highest BCUT2D eigenvalue weighted by Crippen LogP contribution is 2.33. The van der Waals surface area contributed by atoms with Gasteiger partial charge >= 0.3 is 0 Å². The number of nitrogens with zero attached hydrogens (tertiary/aromatic N) is 1. The Morgan fingerprint density at radius 2 is 2.22 bits per heavy atom. The minimum atomic E-state index is 0.957. The number of para-hydroxylation sites is 1. The van der Waals surface area contributed by atoms with E-state index in [4.69, 9.17) is 0 Å². The largest absolute Gasteiger partial charge is 0.361 e. The number of nitrogens with one attached hydrogen (secondary N) is 2. The summed E-state index contributed by atoms with van der Waals surface area (Å²) in [6, 6.07) is 8.39. The van der Waals surface area contributed by atoms with Gasteiger partial charge < -0.3 is 10.3 Å². The Kier molecular flexibility index (Phi) is 3.13. The minimum Gasteiger partial charge on any atom is -0.361 e. The topological polar surface area (TPSA) is 40.7 Å². The van der Waals surface area contributed by atoms with Crippen molar-refractivity contribution in [3.05, 3.63) is 41.7 Å². The summed E-state index contributed by atoms with van der Waals surface area (Å²) >= 11 is 1.71. The molecule has 2 aromatic heterocycles. The third kappa shape index (κ3) is 1.94. The fraction of sp³-hybridized carbons (Fsp3) is 0.214. The van der Waals surface area contributed by atoms with Crippen LogP contribution in [0.25, 0.3) is 21.3 Å². The summed E-state index contributed by atoms with van der Waals surface area (Å²) in [6.45, 7) is 0.957. The molecule has 3 nitrogen and oxygen atoms in total. The van der Waals surface area contributed by atoms with Gasteiger partial charge in [-0.15, -0.1) is 11.3 Å². The molecule has 0 fully saturated rings. The van der Waals surface area contributed by atoms with Gasteiger partial charge in [0.2, 0.25) is 0 Å². The Balaban J connectivity index is 2.06. The number of hydrogen-bond donors (Lipinski definition) is 2. The van der Waals surface area contributed by atoms with Crippen molar-refractivity contribution < 1.29 is 0 Å². The van der Waals surface area contributed by atoms with Crippen molar-refractivity contribution in [1.82, 2.24) is 15.3 Å². The summed E-state index contributed by atoms with van der Waals surface area (Å²) < 4.78 is 0. The maximum absolute atomic E-state index is 4.48. The van der Waals surface area contributed by atoms with Gasteiger partial charge in [-0.3, -0.25) is 0 Å². The molecule has 4 heteroatoms. The Bertz CT molecular complexity index is 654. The van der Waals surface area contributed by atoms with Gasteiger partial charge in [-0.05, 0) is 13.1 Å². The van der Waals surface area contributed by atoms with E-state index in [1.165, 1.54) is 27.0 Å². The Hall–Kier alpha value is -1.65. The maximum atomic E-state index is 4.48. The minimum absolute atomic E-state index is 0.957. The zero-order chi connectivity index (χ0) is 12.4. The molecule has 0 aliphatic heterocycles. The van der Waals surface area contributed by atoms with Crippen molar-refractivity contribution in [1.29, 1.82) is 0 Å². The molecule has 0 spiro atoms. The first-order valence-electron chi connectivity index (χ1n) is 6.03. The molecule has 0 amide bonds. The van der Waals surface area contributed by atoms with Gasteiger partial charge in [0.05, 0.1) is 16.1 Å². The summed E-state index contributed by atoms with van der Waals surface area (Å²) in [5, 5.41) is 4.44. The van der Waals surface area contributed by atoms with E-state index in [9.17, 15) is 0 Å². The molecule has 0 saturated heterocycles. The standard InChI is InChI=1S/C14H15N3S/c1-15-7-6-13-14(18-9-17-13)11-8-16-12-5-3-2-4-10(11)12/h2-5,8-9,15-16H,6-7H2,1H3. The number of aromatic amines is 1. The molecule has 0 radical (unpaired) electrons. The van der Waals surface area contributed by atoms with Gasteiger partial charge in [0.15, 0.2) is 0 Å². The molecular weight excluding hydrogens is 242 g/mol. The van der Waals surface area contributed by atoms with E-state index in [-0.39, 0.29) is 0 Å². The van der Waals surface area contributed by atoms with Crippen LogP contribution in [-0.2, 0) is 6.42 Å². The normalized spacial score (nSPS) is 11.2. The average Bonchev–Trinajstić information content (AvgIpc) is 3.02.